The summed E-state index contributed by atoms with van der Waals surface area (Å²) in [6, 6.07) is 11.0. The largest absolute Gasteiger partial charge is 0.462 e. The summed E-state index contributed by atoms with van der Waals surface area (Å²) < 4.78 is 11.0. The molecule has 7 heteroatoms. The number of esters is 2. The highest BCUT2D eigenvalue weighted by molar-refractivity contribution is 6.11. The van der Waals surface area contributed by atoms with Gasteiger partial charge in [-0.25, -0.2) is 9.59 Å². The number of aromatic nitrogens is 1. The minimum atomic E-state index is -0.329. The van der Waals surface area contributed by atoms with E-state index in [1.165, 1.54) is 0 Å². The van der Waals surface area contributed by atoms with Crippen molar-refractivity contribution in [2.45, 2.75) is 40.5 Å². The lowest BCUT2D eigenvalue weighted by molar-refractivity contribution is 0.0480. The van der Waals surface area contributed by atoms with Crippen LogP contribution in [-0.2, 0) is 9.47 Å². The molecule has 3 rings (SSSR count). The zero-order valence-electron chi connectivity index (χ0n) is 21.6. The third-order valence-electron chi connectivity index (χ3n) is 6.56. The summed E-state index contributed by atoms with van der Waals surface area (Å²) in [6.07, 6.45) is 1.62. The maximum atomic E-state index is 12.6. The fourth-order valence-corrected chi connectivity index (χ4v) is 4.30. The average molecular weight is 482 g/mol. The molecule has 0 atom stereocenters. The number of nitrogens with zero attached hydrogens (tertiary/aromatic N) is 2. The van der Waals surface area contributed by atoms with Crippen LogP contribution in [0.2, 0.25) is 0 Å². The second-order valence-electron chi connectivity index (χ2n) is 8.68. The summed E-state index contributed by atoms with van der Waals surface area (Å²) in [6.45, 7) is 15.1. The van der Waals surface area contributed by atoms with Gasteiger partial charge in [0, 0.05) is 34.9 Å². The molecule has 1 aromatic heterocycles. The van der Waals surface area contributed by atoms with Gasteiger partial charge < -0.3 is 24.3 Å². The summed E-state index contributed by atoms with van der Waals surface area (Å²) >= 11 is 0. The Kier molecular flexibility index (Phi) is 10.1. The summed E-state index contributed by atoms with van der Waals surface area (Å²) in [5.41, 5.74) is 2.82. The van der Waals surface area contributed by atoms with Gasteiger partial charge in [-0.05, 0) is 75.4 Å². The Hall–Kier alpha value is -2.90. The number of hydrogen-bond donors (Lipinski definition) is 1. The van der Waals surface area contributed by atoms with E-state index in [9.17, 15) is 9.59 Å². The number of fused-ring (bicyclic) bond motifs is 3. The number of carbonyl (C=O) groups is 2. The Morgan fingerprint density at radius 3 is 1.46 bits per heavy atom. The molecule has 7 nitrogen and oxygen atoms in total. The first-order chi connectivity index (χ1) is 17.0. The summed E-state index contributed by atoms with van der Waals surface area (Å²) in [5, 5.41) is 1.77. The first-order valence-electron chi connectivity index (χ1n) is 12.8. The lowest BCUT2D eigenvalue weighted by atomic mass is 10.1. The molecule has 3 aromatic rings. The zero-order valence-corrected chi connectivity index (χ0v) is 21.6. The highest BCUT2D eigenvalue weighted by Crippen LogP contribution is 2.28. The van der Waals surface area contributed by atoms with Gasteiger partial charge in [-0.2, -0.15) is 0 Å². The molecular weight excluding hydrogens is 442 g/mol. The maximum absolute atomic E-state index is 12.6. The van der Waals surface area contributed by atoms with Crippen LogP contribution in [0.15, 0.2) is 36.4 Å². The minimum Gasteiger partial charge on any atom is -0.462 e. The van der Waals surface area contributed by atoms with Crippen LogP contribution < -0.4 is 0 Å². The molecule has 1 N–H and O–H groups in total. The molecule has 2 aromatic carbocycles. The lowest BCUT2D eigenvalue weighted by Gasteiger charge is -2.17. The van der Waals surface area contributed by atoms with Gasteiger partial charge in [-0.15, -0.1) is 0 Å². The van der Waals surface area contributed by atoms with Crippen molar-refractivity contribution < 1.29 is 19.1 Å². The fraction of sp³-hybridized carbons (Fsp3) is 0.500. The predicted octanol–water partition coefficient (Wildman–Crippen LogP) is 5.10. The SMILES string of the molecule is CCN(CC)CCCOC(=O)c1ccc2[nH]c3ccc(C(=O)OCCCN(CC)CC)cc3c2c1. The van der Waals surface area contributed by atoms with Gasteiger partial charge in [-0.1, -0.05) is 27.7 Å². The molecule has 0 aliphatic rings. The molecule has 1 heterocycles. The van der Waals surface area contributed by atoms with Crippen molar-refractivity contribution in [2.75, 3.05) is 52.5 Å². The van der Waals surface area contributed by atoms with Crippen molar-refractivity contribution in [3.8, 4) is 0 Å². The van der Waals surface area contributed by atoms with Crippen molar-refractivity contribution >= 4 is 33.7 Å². The van der Waals surface area contributed by atoms with E-state index in [2.05, 4.69) is 42.5 Å². The summed E-state index contributed by atoms with van der Waals surface area (Å²) in [5.74, 6) is -0.658. The van der Waals surface area contributed by atoms with Crippen LogP contribution in [0.5, 0.6) is 0 Å². The molecule has 0 radical (unpaired) electrons. The monoisotopic (exact) mass is 481 g/mol. The first-order valence-corrected chi connectivity index (χ1v) is 12.8. The number of hydrogen-bond acceptors (Lipinski definition) is 6. The van der Waals surface area contributed by atoms with Crippen LogP contribution in [0.4, 0.5) is 0 Å². The summed E-state index contributed by atoms with van der Waals surface area (Å²) in [4.78, 5) is 33.2. The Bertz CT molecular complexity index is 1030. The summed E-state index contributed by atoms with van der Waals surface area (Å²) in [7, 11) is 0. The Morgan fingerprint density at radius 1 is 0.686 bits per heavy atom. The highest BCUT2D eigenvalue weighted by Gasteiger charge is 2.14. The number of benzene rings is 2. The van der Waals surface area contributed by atoms with E-state index < -0.39 is 0 Å². The molecule has 0 saturated carbocycles. The van der Waals surface area contributed by atoms with Gasteiger partial charge in [-0.3, -0.25) is 0 Å². The molecule has 0 amide bonds. The smallest absolute Gasteiger partial charge is 0.338 e. The predicted molar refractivity (Wildman–Crippen MR) is 141 cm³/mol. The van der Waals surface area contributed by atoms with Gasteiger partial charge in [0.15, 0.2) is 0 Å². The van der Waals surface area contributed by atoms with Crippen LogP contribution in [0, 0.1) is 0 Å². The number of carbonyl (C=O) groups excluding carboxylic acids is 2. The van der Waals surface area contributed by atoms with Gasteiger partial charge in [0.05, 0.1) is 24.3 Å². The van der Waals surface area contributed by atoms with E-state index in [4.69, 9.17) is 9.47 Å². The number of rotatable bonds is 14. The first kappa shape index (κ1) is 26.7. The maximum Gasteiger partial charge on any atom is 0.338 e. The van der Waals surface area contributed by atoms with Crippen LogP contribution in [0.1, 0.15) is 61.3 Å². The van der Waals surface area contributed by atoms with Gasteiger partial charge in [0.1, 0.15) is 0 Å². The normalized spacial score (nSPS) is 11.6. The van der Waals surface area contributed by atoms with Gasteiger partial charge in [0.2, 0.25) is 0 Å². The van der Waals surface area contributed by atoms with Crippen LogP contribution in [0.3, 0.4) is 0 Å². The van der Waals surface area contributed by atoms with Crippen LogP contribution >= 0.6 is 0 Å². The third-order valence-corrected chi connectivity index (χ3v) is 6.56. The Labute approximate surface area is 208 Å². The lowest BCUT2D eigenvalue weighted by Crippen LogP contribution is -2.25. The third kappa shape index (κ3) is 7.05. The van der Waals surface area contributed by atoms with Crippen molar-refractivity contribution in [1.82, 2.24) is 14.8 Å². The van der Waals surface area contributed by atoms with Crippen molar-refractivity contribution in [3.63, 3.8) is 0 Å². The number of aromatic amines is 1. The van der Waals surface area contributed by atoms with Crippen LogP contribution in [0.25, 0.3) is 21.8 Å². The standard InChI is InChI=1S/C28H39N3O4/c1-5-30(6-2)15-9-17-34-27(32)21-11-13-25-23(19-21)24-20-22(12-14-26(24)29-25)28(33)35-18-10-16-31(7-3)8-4/h11-14,19-20,29H,5-10,15-18H2,1-4H3. The van der Waals surface area contributed by atoms with E-state index in [-0.39, 0.29) is 11.9 Å². The number of H-pyrrole nitrogens is 1. The molecule has 0 saturated heterocycles. The number of ether oxygens (including phenoxy) is 2. The van der Waals surface area contributed by atoms with E-state index in [0.717, 1.165) is 73.9 Å². The van der Waals surface area contributed by atoms with Crippen molar-refractivity contribution in [2.24, 2.45) is 0 Å². The van der Waals surface area contributed by atoms with Crippen molar-refractivity contribution in [3.05, 3.63) is 47.5 Å². The fourth-order valence-electron chi connectivity index (χ4n) is 4.30. The molecule has 35 heavy (non-hydrogen) atoms. The average Bonchev–Trinajstić information content (AvgIpc) is 3.25. The molecule has 0 unspecified atom stereocenters. The molecule has 0 aliphatic carbocycles. The molecule has 190 valence electrons. The van der Waals surface area contributed by atoms with Crippen LogP contribution in [-0.4, -0.2) is 79.2 Å². The van der Waals surface area contributed by atoms with Crippen molar-refractivity contribution in [1.29, 1.82) is 0 Å². The second kappa shape index (κ2) is 13.3. The molecule has 0 bridgehead atoms. The van der Waals surface area contributed by atoms with E-state index in [1.54, 1.807) is 12.1 Å². The zero-order chi connectivity index (χ0) is 25.2. The van der Waals surface area contributed by atoms with E-state index in [0.29, 0.717) is 24.3 Å². The van der Waals surface area contributed by atoms with Gasteiger partial charge in [0.25, 0.3) is 0 Å². The minimum absolute atomic E-state index is 0.329. The Morgan fingerprint density at radius 2 is 1.09 bits per heavy atom. The number of nitrogens with one attached hydrogen (secondary N) is 1. The van der Waals surface area contributed by atoms with E-state index in [1.807, 2.05) is 24.3 Å². The molecule has 0 spiro atoms. The highest BCUT2D eigenvalue weighted by atomic mass is 16.5. The topological polar surface area (TPSA) is 74.9 Å². The molecule has 0 aliphatic heterocycles. The van der Waals surface area contributed by atoms with Gasteiger partial charge >= 0.3 is 11.9 Å². The molecule has 0 fully saturated rings. The molecular formula is C28H39N3O4. The Balaban J connectivity index is 1.66. The second-order valence-corrected chi connectivity index (χ2v) is 8.68. The van der Waals surface area contributed by atoms with E-state index >= 15 is 0 Å². The quantitative estimate of drug-likeness (QED) is 0.255.